The number of thioether (sulfide) groups is 1. The highest BCUT2D eigenvalue weighted by Gasteiger charge is 2.39. The number of amides is 2. The number of carboxylic acids is 1. The molecule has 8 nitrogen and oxygen atoms in total. The number of esters is 1. The lowest BCUT2D eigenvalue weighted by Gasteiger charge is -2.15. The van der Waals surface area contributed by atoms with Gasteiger partial charge in [0.25, 0.3) is 11.1 Å². The van der Waals surface area contributed by atoms with Gasteiger partial charge in [0.2, 0.25) is 0 Å². The number of benzene rings is 2. The molecule has 1 aliphatic rings. The molecular weight excluding hydrogens is 396 g/mol. The molecule has 2 aromatic rings. The van der Waals surface area contributed by atoms with Crippen molar-refractivity contribution in [1.82, 2.24) is 4.90 Å². The number of hydrogen-bond donors (Lipinski definition) is 2. The van der Waals surface area contributed by atoms with Crippen LogP contribution in [-0.2, 0) is 16.1 Å². The standard InChI is InChI=1S/C20H18N2O6S/c1-2-28-19(26)13-6-8-15(9-7-13)21-16-17(23)22(20(27)29-16)11-12-4-3-5-14(10-12)18(24)25/h3-10,16,21H,2,11H2,1H3,(H,24,25)/t16-/m0/s1. The fourth-order valence-corrected chi connectivity index (χ4v) is 3.64. The minimum absolute atomic E-state index is 0.00817. The average Bonchev–Trinajstić information content (AvgIpc) is 2.96. The summed E-state index contributed by atoms with van der Waals surface area (Å²) in [6.45, 7) is 1.99. The van der Waals surface area contributed by atoms with Gasteiger partial charge in [0.05, 0.1) is 24.3 Å². The SMILES string of the molecule is CCOC(=O)c1ccc(N[C@H]2SC(=O)N(Cc3cccc(C(=O)O)c3)C2=O)cc1. The van der Waals surface area contributed by atoms with Crippen molar-refractivity contribution >= 4 is 40.5 Å². The van der Waals surface area contributed by atoms with Crippen LogP contribution in [0.4, 0.5) is 10.5 Å². The van der Waals surface area contributed by atoms with Gasteiger partial charge in [-0.2, -0.15) is 0 Å². The quantitative estimate of drug-likeness (QED) is 0.664. The molecule has 1 atom stereocenters. The molecule has 29 heavy (non-hydrogen) atoms. The van der Waals surface area contributed by atoms with Gasteiger partial charge in [0, 0.05) is 5.69 Å². The second kappa shape index (κ2) is 8.78. The van der Waals surface area contributed by atoms with E-state index in [0.717, 1.165) is 16.7 Å². The summed E-state index contributed by atoms with van der Waals surface area (Å²) in [5, 5.41) is 10.8. The van der Waals surface area contributed by atoms with Crippen molar-refractivity contribution in [2.45, 2.75) is 18.8 Å². The normalized spacial score (nSPS) is 16.0. The molecule has 0 aliphatic carbocycles. The first-order chi connectivity index (χ1) is 13.9. The highest BCUT2D eigenvalue weighted by molar-refractivity contribution is 8.15. The van der Waals surface area contributed by atoms with Gasteiger partial charge in [-0.1, -0.05) is 12.1 Å². The Morgan fingerprint density at radius 3 is 2.52 bits per heavy atom. The number of rotatable bonds is 7. The van der Waals surface area contributed by atoms with Gasteiger partial charge in [-0.05, 0) is 60.6 Å². The highest BCUT2D eigenvalue weighted by Crippen LogP contribution is 2.29. The molecule has 2 aromatic carbocycles. The van der Waals surface area contributed by atoms with Crippen molar-refractivity contribution in [2.24, 2.45) is 0 Å². The summed E-state index contributed by atoms with van der Waals surface area (Å²) in [5.41, 5.74) is 1.60. The van der Waals surface area contributed by atoms with Crippen LogP contribution in [0.25, 0.3) is 0 Å². The summed E-state index contributed by atoms with van der Waals surface area (Å²) in [5.74, 6) is -1.93. The topological polar surface area (TPSA) is 113 Å². The zero-order chi connectivity index (χ0) is 21.0. The maximum Gasteiger partial charge on any atom is 0.338 e. The Morgan fingerprint density at radius 1 is 1.14 bits per heavy atom. The van der Waals surface area contributed by atoms with E-state index in [4.69, 9.17) is 9.84 Å². The third-order valence-corrected chi connectivity index (χ3v) is 5.12. The molecule has 1 saturated heterocycles. The number of carbonyl (C=O) groups excluding carboxylic acids is 3. The summed E-state index contributed by atoms with van der Waals surface area (Å²) in [6.07, 6.45) is 0. The van der Waals surface area contributed by atoms with E-state index in [-0.39, 0.29) is 18.7 Å². The predicted octanol–water partition coefficient (Wildman–Crippen LogP) is 3.20. The molecule has 1 aliphatic heterocycles. The van der Waals surface area contributed by atoms with E-state index in [0.29, 0.717) is 16.8 Å². The number of aromatic carboxylic acids is 1. The van der Waals surface area contributed by atoms with Crippen LogP contribution in [0.5, 0.6) is 0 Å². The van der Waals surface area contributed by atoms with E-state index in [1.165, 1.54) is 12.1 Å². The number of nitrogens with zero attached hydrogens (tertiary/aromatic N) is 1. The van der Waals surface area contributed by atoms with E-state index >= 15 is 0 Å². The van der Waals surface area contributed by atoms with Crippen molar-refractivity contribution in [3.63, 3.8) is 0 Å². The number of imide groups is 1. The van der Waals surface area contributed by atoms with Gasteiger partial charge in [-0.15, -0.1) is 0 Å². The zero-order valence-corrected chi connectivity index (χ0v) is 16.3. The molecule has 3 rings (SSSR count). The van der Waals surface area contributed by atoms with Crippen molar-refractivity contribution < 1.29 is 29.0 Å². The lowest BCUT2D eigenvalue weighted by molar-refractivity contribution is -0.126. The lowest BCUT2D eigenvalue weighted by Crippen LogP contribution is -2.34. The van der Waals surface area contributed by atoms with Crippen LogP contribution >= 0.6 is 11.8 Å². The van der Waals surface area contributed by atoms with Crippen molar-refractivity contribution in [1.29, 1.82) is 0 Å². The van der Waals surface area contributed by atoms with Crippen LogP contribution in [0.2, 0.25) is 0 Å². The predicted molar refractivity (Wildman–Crippen MR) is 107 cm³/mol. The first kappa shape index (κ1) is 20.4. The molecule has 0 radical (unpaired) electrons. The Labute approximate surface area is 170 Å². The molecular formula is C20H18N2O6S. The molecule has 2 N–H and O–H groups in total. The average molecular weight is 414 g/mol. The lowest BCUT2D eigenvalue weighted by atomic mass is 10.1. The fraction of sp³-hybridized carbons (Fsp3) is 0.200. The smallest absolute Gasteiger partial charge is 0.338 e. The Kier molecular flexibility index (Phi) is 6.18. The number of anilines is 1. The summed E-state index contributed by atoms with van der Waals surface area (Å²) < 4.78 is 4.92. The summed E-state index contributed by atoms with van der Waals surface area (Å²) in [7, 11) is 0. The number of carboxylic acid groups (broad SMARTS) is 1. The molecule has 2 amide bonds. The number of hydrogen-bond acceptors (Lipinski definition) is 7. The number of nitrogens with one attached hydrogen (secondary N) is 1. The van der Waals surface area contributed by atoms with Gasteiger partial charge in [0.1, 0.15) is 0 Å². The molecule has 0 unspecified atom stereocenters. The number of ether oxygens (including phenoxy) is 1. The molecule has 1 heterocycles. The first-order valence-corrected chi connectivity index (χ1v) is 9.65. The van der Waals surface area contributed by atoms with E-state index in [2.05, 4.69) is 5.32 Å². The summed E-state index contributed by atoms with van der Waals surface area (Å²) in [4.78, 5) is 48.8. The minimum Gasteiger partial charge on any atom is -0.478 e. The summed E-state index contributed by atoms with van der Waals surface area (Å²) >= 11 is 0.843. The molecule has 0 aromatic heterocycles. The number of carbonyl (C=O) groups is 4. The van der Waals surface area contributed by atoms with Gasteiger partial charge < -0.3 is 15.2 Å². The van der Waals surface area contributed by atoms with Crippen LogP contribution < -0.4 is 5.32 Å². The minimum atomic E-state index is -1.08. The van der Waals surface area contributed by atoms with Crippen LogP contribution in [0.1, 0.15) is 33.2 Å². The van der Waals surface area contributed by atoms with Crippen LogP contribution in [0.3, 0.4) is 0 Å². The Morgan fingerprint density at radius 2 is 1.86 bits per heavy atom. The van der Waals surface area contributed by atoms with E-state index in [1.807, 2.05) is 0 Å². The van der Waals surface area contributed by atoms with Crippen LogP contribution in [0, 0.1) is 0 Å². The van der Waals surface area contributed by atoms with Gasteiger partial charge in [-0.25, -0.2) is 9.59 Å². The van der Waals surface area contributed by atoms with Crippen molar-refractivity contribution in [2.75, 3.05) is 11.9 Å². The van der Waals surface area contributed by atoms with E-state index in [1.54, 1.807) is 43.3 Å². The van der Waals surface area contributed by atoms with E-state index < -0.39 is 28.5 Å². The molecule has 1 fully saturated rings. The molecule has 9 heteroatoms. The Balaban J connectivity index is 1.66. The van der Waals surface area contributed by atoms with Crippen molar-refractivity contribution in [3.05, 3.63) is 65.2 Å². The largest absolute Gasteiger partial charge is 0.478 e. The molecule has 0 spiro atoms. The second-order valence-electron chi connectivity index (χ2n) is 6.14. The fourth-order valence-electron chi connectivity index (χ4n) is 2.73. The first-order valence-electron chi connectivity index (χ1n) is 8.77. The zero-order valence-electron chi connectivity index (χ0n) is 15.5. The van der Waals surface area contributed by atoms with Gasteiger partial charge in [-0.3, -0.25) is 14.5 Å². The third-order valence-electron chi connectivity index (χ3n) is 4.14. The monoisotopic (exact) mass is 414 g/mol. The summed E-state index contributed by atoms with van der Waals surface area (Å²) in [6, 6.07) is 12.5. The van der Waals surface area contributed by atoms with Crippen LogP contribution in [-0.4, -0.2) is 45.1 Å². The van der Waals surface area contributed by atoms with Crippen molar-refractivity contribution in [3.8, 4) is 0 Å². The third kappa shape index (κ3) is 4.75. The maximum absolute atomic E-state index is 12.6. The van der Waals surface area contributed by atoms with E-state index in [9.17, 15) is 19.2 Å². The highest BCUT2D eigenvalue weighted by atomic mass is 32.2. The molecule has 150 valence electrons. The second-order valence-corrected chi connectivity index (χ2v) is 7.19. The Bertz CT molecular complexity index is 960. The van der Waals surface area contributed by atoms with Crippen LogP contribution in [0.15, 0.2) is 48.5 Å². The van der Waals surface area contributed by atoms with Gasteiger partial charge in [0.15, 0.2) is 5.37 Å². The molecule has 0 bridgehead atoms. The Hall–Kier alpha value is -3.33. The van der Waals surface area contributed by atoms with Gasteiger partial charge >= 0.3 is 11.9 Å². The molecule has 0 saturated carbocycles. The maximum atomic E-state index is 12.6.